The number of halogens is 1. The molecule has 0 saturated heterocycles. The molecule has 2 heteroatoms. The van der Waals surface area contributed by atoms with Crippen molar-refractivity contribution in [3.05, 3.63) is 29.0 Å². The summed E-state index contributed by atoms with van der Waals surface area (Å²) in [5.41, 5.74) is 0.810. The molecule has 1 nitrogen and oxygen atoms in total. The van der Waals surface area contributed by atoms with Crippen molar-refractivity contribution in [1.82, 2.24) is 4.98 Å². The summed E-state index contributed by atoms with van der Waals surface area (Å²) >= 11 is 5.90. The largest absolute Gasteiger partial charge is 0.263 e. The molecule has 0 bridgehead atoms. The second-order valence-electron chi connectivity index (χ2n) is 3.26. The maximum atomic E-state index is 5.90. The minimum absolute atomic E-state index is 0.600. The van der Waals surface area contributed by atoms with Crippen LogP contribution in [-0.4, -0.2) is 4.98 Å². The highest BCUT2D eigenvalue weighted by atomic mass is 35.5. The molecule has 0 aromatic carbocycles. The number of aromatic nitrogens is 1. The van der Waals surface area contributed by atoms with E-state index in [4.69, 9.17) is 11.6 Å². The lowest BCUT2D eigenvalue weighted by Gasteiger charge is -1.94. The highest BCUT2D eigenvalue weighted by Gasteiger charge is 1.93. The normalized spacial score (nSPS) is 9.54. The minimum atomic E-state index is 0.600. The Hall–Kier alpha value is -1.00. The van der Waals surface area contributed by atoms with E-state index in [9.17, 15) is 0 Å². The van der Waals surface area contributed by atoms with Crippen molar-refractivity contribution in [3.63, 3.8) is 0 Å². The van der Waals surface area contributed by atoms with Gasteiger partial charge in [0.25, 0.3) is 0 Å². The second-order valence-corrected chi connectivity index (χ2v) is 3.66. The molecular weight excluding hydrogens is 182 g/mol. The minimum Gasteiger partial charge on any atom is -0.263 e. The summed E-state index contributed by atoms with van der Waals surface area (Å²) < 4.78 is 0. The van der Waals surface area contributed by atoms with Crippen LogP contribution < -0.4 is 0 Å². The number of hydrogen-bond donors (Lipinski definition) is 0. The summed E-state index contributed by atoms with van der Waals surface area (Å²) in [6.07, 6.45) is 4.25. The summed E-state index contributed by atoms with van der Waals surface area (Å²) in [5, 5.41) is 0.672. The van der Waals surface area contributed by atoms with Crippen LogP contribution in [0, 0.1) is 17.8 Å². The molecule has 0 radical (unpaired) electrons. The number of nitrogens with zero attached hydrogens (tertiary/aromatic N) is 1. The van der Waals surface area contributed by atoms with Crippen LogP contribution in [0.4, 0.5) is 0 Å². The summed E-state index contributed by atoms with van der Waals surface area (Å²) in [7, 11) is 0. The van der Waals surface area contributed by atoms with E-state index in [0.717, 1.165) is 12.0 Å². The lowest BCUT2D eigenvalue weighted by atomic mass is 10.1. The van der Waals surface area contributed by atoms with E-state index in [-0.39, 0.29) is 0 Å². The van der Waals surface area contributed by atoms with E-state index in [1.165, 1.54) is 0 Å². The summed E-state index contributed by atoms with van der Waals surface area (Å²) in [5.74, 6) is 6.67. The maximum Gasteiger partial charge on any atom is 0.0615 e. The molecule has 0 amide bonds. The van der Waals surface area contributed by atoms with Crippen LogP contribution in [0.5, 0.6) is 0 Å². The van der Waals surface area contributed by atoms with Crippen LogP contribution in [0.3, 0.4) is 0 Å². The first-order chi connectivity index (χ1) is 6.20. The molecule has 1 heterocycles. The van der Waals surface area contributed by atoms with Gasteiger partial charge in [-0.3, -0.25) is 4.98 Å². The Balaban J connectivity index is 2.72. The van der Waals surface area contributed by atoms with Gasteiger partial charge in [0.2, 0.25) is 0 Å². The van der Waals surface area contributed by atoms with E-state index >= 15 is 0 Å². The molecule has 0 aliphatic carbocycles. The molecule has 0 aliphatic heterocycles. The first kappa shape index (κ1) is 10.1. The van der Waals surface area contributed by atoms with Gasteiger partial charge in [0, 0.05) is 18.8 Å². The van der Waals surface area contributed by atoms with E-state index in [1.54, 1.807) is 18.5 Å². The zero-order chi connectivity index (χ0) is 9.68. The van der Waals surface area contributed by atoms with Crippen LogP contribution in [0.2, 0.25) is 5.02 Å². The predicted molar refractivity (Wildman–Crippen MR) is 55.6 cm³/mol. The van der Waals surface area contributed by atoms with Crippen molar-refractivity contribution in [2.24, 2.45) is 5.92 Å². The lowest BCUT2D eigenvalue weighted by Crippen LogP contribution is -1.83. The van der Waals surface area contributed by atoms with Crippen LogP contribution in [0.1, 0.15) is 25.8 Å². The summed E-state index contributed by atoms with van der Waals surface area (Å²) in [6, 6.07) is 1.75. The highest BCUT2D eigenvalue weighted by molar-refractivity contribution is 6.31. The Morgan fingerprint density at radius 3 is 2.92 bits per heavy atom. The van der Waals surface area contributed by atoms with Crippen molar-refractivity contribution in [2.75, 3.05) is 0 Å². The Morgan fingerprint density at radius 2 is 2.31 bits per heavy atom. The van der Waals surface area contributed by atoms with Crippen molar-refractivity contribution in [3.8, 4) is 11.8 Å². The van der Waals surface area contributed by atoms with E-state index in [0.29, 0.717) is 10.9 Å². The van der Waals surface area contributed by atoms with E-state index in [2.05, 4.69) is 30.7 Å². The quantitative estimate of drug-likeness (QED) is 0.625. The fourth-order valence-corrected chi connectivity index (χ4v) is 0.972. The van der Waals surface area contributed by atoms with Crippen LogP contribution in [0.25, 0.3) is 0 Å². The second kappa shape index (κ2) is 4.89. The maximum absolute atomic E-state index is 5.90. The molecule has 0 fully saturated rings. The number of hydrogen-bond acceptors (Lipinski definition) is 1. The van der Waals surface area contributed by atoms with Crippen LogP contribution in [-0.2, 0) is 0 Å². The standard InChI is InChI=1S/C11H12ClN/c1-9(2)4-3-5-10-8-13-7-6-11(10)12/h6-9H,4H2,1-2H3. The molecule has 0 N–H and O–H groups in total. The van der Waals surface area contributed by atoms with Gasteiger partial charge in [-0.2, -0.15) is 0 Å². The molecule has 0 unspecified atom stereocenters. The summed E-state index contributed by atoms with van der Waals surface area (Å²) in [6.45, 7) is 4.28. The van der Waals surface area contributed by atoms with Gasteiger partial charge in [-0.1, -0.05) is 37.3 Å². The third kappa shape index (κ3) is 3.48. The van der Waals surface area contributed by atoms with Gasteiger partial charge in [0.15, 0.2) is 0 Å². The first-order valence-corrected chi connectivity index (χ1v) is 4.66. The number of pyridine rings is 1. The molecule has 0 atom stereocenters. The van der Waals surface area contributed by atoms with Gasteiger partial charge in [-0.25, -0.2) is 0 Å². The van der Waals surface area contributed by atoms with Gasteiger partial charge in [0.05, 0.1) is 10.6 Å². The van der Waals surface area contributed by atoms with Gasteiger partial charge >= 0.3 is 0 Å². The fourth-order valence-electron chi connectivity index (χ4n) is 0.820. The Kier molecular flexibility index (Phi) is 3.79. The average Bonchev–Trinajstić information content (AvgIpc) is 2.08. The van der Waals surface area contributed by atoms with Crippen LogP contribution >= 0.6 is 11.6 Å². The monoisotopic (exact) mass is 193 g/mol. The zero-order valence-electron chi connectivity index (χ0n) is 7.84. The molecular formula is C11H12ClN. The van der Waals surface area contributed by atoms with Gasteiger partial charge in [0.1, 0.15) is 0 Å². The molecule has 1 aromatic rings. The van der Waals surface area contributed by atoms with Gasteiger partial charge < -0.3 is 0 Å². The van der Waals surface area contributed by atoms with Crippen molar-refractivity contribution >= 4 is 11.6 Å². The Bertz CT molecular complexity index is 333. The molecule has 0 spiro atoms. The molecule has 0 aliphatic rings. The highest BCUT2D eigenvalue weighted by Crippen LogP contribution is 2.11. The van der Waals surface area contributed by atoms with Crippen molar-refractivity contribution < 1.29 is 0 Å². The summed E-state index contributed by atoms with van der Waals surface area (Å²) in [4.78, 5) is 3.96. The van der Waals surface area contributed by atoms with Crippen LogP contribution in [0.15, 0.2) is 18.5 Å². The SMILES string of the molecule is CC(C)CC#Cc1cnccc1Cl. The smallest absolute Gasteiger partial charge is 0.0615 e. The zero-order valence-corrected chi connectivity index (χ0v) is 8.60. The van der Waals surface area contributed by atoms with Crippen molar-refractivity contribution in [2.45, 2.75) is 20.3 Å². The molecule has 13 heavy (non-hydrogen) atoms. The first-order valence-electron chi connectivity index (χ1n) is 4.28. The third-order valence-corrected chi connectivity index (χ3v) is 1.83. The van der Waals surface area contributed by atoms with E-state index in [1.807, 2.05) is 0 Å². The van der Waals surface area contributed by atoms with Gasteiger partial charge in [-0.15, -0.1) is 0 Å². The Labute approximate surface area is 84.1 Å². The van der Waals surface area contributed by atoms with Gasteiger partial charge in [-0.05, 0) is 12.0 Å². The molecule has 1 aromatic heterocycles. The number of rotatable bonds is 1. The molecule has 0 saturated carbocycles. The third-order valence-electron chi connectivity index (χ3n) is 1.50. The van der Waals surface area contributed by atoms with Crippen molar-refractivity contribution in [1.29, 1.82) is 0 Å². The predicted octanol–water partition coefficient (Wildman–Crippen LogP) is 3.13. The molecule has 68 valence electrons. The van der Waals surface area contributed by atoms with E-state index < -0.39 is 0 Å². The molecule has 1 rings (SSSR count). The lowest BCUT2D eigenvalue weighted by molar-refractivity contribution is 0.676. The Morgan fingerprint density at radius 1 is 1.54 bits per heavy atom. The average molecular weight is 194 g/mol. The topological polar surface area (TPSA) is 12.9 Å². The fraction of sp³-hybridized carbons (Fsp3) is 0.364.